The molecule has 0 spiro atoms. The van der Waals surface area contributed by atoms with Crippen LogP contribution in [-0.4, -0.2) is 44.4 Å². The molecular formula is C17H28N2O2. The van der Waals surface area contributed by atoms with Crippen LogP contribution in [0.5, 0.6) is 5.75 Å². The van der Waals surface area contributed by atoms with Crippen LogP contribution < -0.4 is 10.5 Å². The number of ether oxygens (including phenoxy) is 2. The van der Waals surface area contributed by atoms with E-state index < -0.39 is 0 Å². The maximum atomic E-state index is 6.46. The van der Waals surface area contributed by atoms with E-state index in [1.807, 2.05) is 12.1 Å². The molecule has 1 aliphatic rings. The Kier molecular flexibility index (Phi) is 6.03. The number of nitrogens with zero attached hydrogens (tertiary/aromatic N) is 1. The van der Waals surface area contributed by atoms with Crippen molar-refractivity contribution in [3.8, 4) is 5.75 Å². The van der Waals surface area contributed by atoms with Gasteiger partial charge in [-0.3, -0.25) is 4.90 Å². The lowest BCUT2D eigenvalue weighted by Crippen LogP contribution is -2.43. The molecule has 118 valence electrons. The summed E-state index contributed by atoms with van der Waals surface area (Å²) in [6, 6.07) is 9.30. The molecule has 0 amide bonds. The fraction of sp³-hybridized carbons (Fsp3) is 0.647. The van der Waals surface area contributed by atoms with Crippen molar-refractivity contribution in [2.75, 3.05) is 27.4 Å². The highest BCUT2D eigenvalue weighted by Gasteiger charge is 2.36. The third-order valence-electron chi connectivity index (χ3n) is 4.24. The van der Waals surface area contributed by atoms with Crippen LogP contribution in [0.4, 0.5) is 0 Å². The van der Waals surface area contributed by atoms with Gasteiger partial charge in [0.25, 0.3) is 0 Å². The Labute approximate surface area is 128 Å². The van der Waals surface area contributed by atoms with Gasteiger partial charge in [-0.05, 0) is 37.0 Å². The highest BCUT2D eigenvalue weighted by Crippen LogP contribution is 2.37. The molecule has 0 heterocycles. The molecule has 1 aliphatic carbocycles. The van der Waals surface area contributed by atoms with Gasteiger partial charge in [0.15, 0.2) is 0 Å². The zero-order chi connectivity index (χ0) is 15.2. The van der Waals surface area contributed by atoms with Crippen LogP contribution in [-0.2, 0) is 4.74 Å². The Morgan fingerprint density at radius 1 is 1.33 bits per heavy atom. The monoisotopic (exact) mass is 292 g/mol. The summed E-state index contributed by atoms with van der Waals surface area (Å²) in [6.07, 6.45) is 3.49. The summed E-state index contributed by atoms with van der Waals surface area (Å²) in [6.45, 7) is 3.82. The largest absolute Gasteiger partial charge is 0.497 e. The molecule has 2 rings (SSSR count). The van der Waals surface area contributed by atoms with E-state index in [0.29, 0.717) is 6.04 Å². The normalized spacial score (nSPS) is 17.8. The number of rotatable bonds is 9. The fourth-order valence-corrected chi connectivity index (χ4v) is 2.89. The van der Waals surface area contributed by atoms with Gasteiger partial charge in [-0.15, -0.1) is 0 Å². The summed E-state index contributed by atoms with van der Waals surface area (Å²) in [7, 11) is 3.46. The lowest BCUT2D eigenvalue weighted by atomic mass is 9.95. The summed E-state index contributed by atoms with van der Waals surface area (Å²) >= 11 is 0. The maximum absolute atomic E-state index is 6.46. The van der Waals surface area contributed by atoms with E-state index in [1.54, 1.807) is 14.2 Å². The predicted octanol–water partition coefficient (Wildman–Crippen LogP) is 2.58. The fourth-order valence-electron chi connectivity index (χ4n) is 2.89. The first kappa shape index (κ1) is 16.3. The van der Waals surface area contributed by atoms with Crippen molar-refractivity contribution in [1.29, 1.82) is 0 Å². The van der Waals surface area contributed by atoms with Gasteiger partial charge in [-0.2, -0.15) is 0 Å². The maximum Gasteiger partial charge on any atom is 0.119 e. The topological polar surface area (TPSA) is 47.7 Å². The number of benzene rings is 1. The summed E-state index contributed by atoms with van der Waals surface area (Å²) in [5.74, 6) is 0.892. The number of hydrogen-bond donors (Lipinski definition) is 1. The SMILES string of the molecule is CCC(N)C(c1cccc(OC)c1)N(CCOC)C1CC1. The Hall–Kier alpha value is -1.10. The second kappa shape index (κ2) is 7.78. The average molecular weight is 292 g/mol. The second-order valence-electron chi connectivity index (χ2n) is 5.76. The molecule has 2 atom stereocenters. The van der Waals surface area contributed by atoms with E-state index in [-0.39, 0.29) is 12.1 Å². The highest BCUT2D eigenvalue weighted by atomic mass is 16.5. The minimum absolute atomic E-state index is 0.120. The van der Waals surface area contributed by atoms with Crippen LogP contribution in [0.1, 0.15) is 37.8 Å². The van der Waals surface area contributed by atoms with Gasteiger partial charge in [0.1, 0.15) is 5.75 Å². The standard InChI is InChI=1S/C17H28N2O2/c1-4-16(18)17(13-6-5-7-15(12-13)21-3)19(10-11-20-2)14-8-9-14/h5-7,12,14,16-17H,4,8-11,18H2,1-3H3. The van der Waals surface area contributed by atoms with Crippen molar-refractivity contribution < 1.29 is 9.47 Å². The molecule has 0 aliphatic heterocycles. The lowest BCUT2D eigenvalue weighted by Gasteiger charge is -2.36. The second-order valence-corrected chi connectivity index (χ2v) is 5.76. The lowest BCUT2D eigenvalue weighted by molar-refractivity contribution is 0.101. The van der Waals surface area contributed by atoms with Gasteiger partial charge in [0, 0.05) is 25.7 Å². The molecule has 1 saturated carbocycles. The molecule has 1 fully saturated rings. The van der Waals surface area contributed by atoms with Gasteiger partial charge in [-0.25, -0.2) is 0 Å². The molecule has 2 N–H and O–H groups in total. The predicted molar refractivity (Wildman–Crippen MR) is 85.6 cm³/mol. The van der Waals surface area contributed by atoms with Gasteiger partial charge >= 0.3 is 0 Å². The third-order valence-corrected chi connectivity index (χ3v) is 4.24. The quantitative estimate of drug-likeness (QED) is 0.760. The zero-order valence-corrected chi connectivity index (χ0v) is 13.4. The molecule has 2 unspecified atom stereocenters. The molecule has 0 bridgehead atoms. The molecule has 21 heavy (non-hydrogen) atoms. The molecule has 1 aromatic carbocycles. The molecule has 0 radical (unpaired) electrons. The third kappa shape index (κ3) is 4.19. The van der Waals surface area contributed by atoms with Crippen LogP contribution in [0.2, 0.25) is 0 Å². The van der Waals surface area contributed by atoms with Crippen LogP contribution >= 0.6 is 0 Å². The summed E-state index contributed by atoms with van der Waals surface area (Å²) in [5.41, 5.74) is 7.70. The van der Waals surface area contributed by atoms with Gasteiger partial charge < -0.3 is 15.2 Å². The molecule has 0 aromatic heterocycles. The van der Waals surface area contributed by atoms with Gasteiger partial charge in [-0.1, -0.05) is 19.1 Å². The number of hydrogen-bond acceptors (Lipinski definition) is 4. The van der Waals surface area contributed by atoms with Crippen molar-refractivity contribution in [3.63, 3.8) is 0 Å². The van der Waals surface area contributed by atoms with E-state index in [0.717, 1.165) is 25.3 Å². The van der Waals surface area contributed by atoms with Crippen LogP contribution in [0.3, 0.4) is 0 Å². The first-order valence-electron chi connectivity index (χ1n) is 7.85. The summed E-state index contributed by atoms with van der Waals surface area (Å²) in [5, 5.41) is 0. The first-order chi connectivity index (χ1) is 10.2. The Balaban J connectivity index is 2.26. The Bertz CT molecular complexity index is 435. The van der Waals surface area contributed by atoms with E-state index >= 15 is 0 Å². The van der Waals surface area contributed by atoms with Gasteiger partial charge in [0.2, 0.25) is 0 Å². The Morgan fingerprint density at radius 2 is 2.10 bits per heavy atom. The highest BCUT2D eigenvalue weighted by molar-refractivity contribution is 5.31. The van der Waals surface area contributed by atoms with Crippen LogP contribution in [0.25, 0.3) is 0 Å². The first-order valence-corrected chi connectivity index (χ1v) is 7.85. The van der Waals surface area contributed by atoms with E-state index in [2.05, 4.69) is 24.0 Å². The minimum Gasteiger partial charge on any atom is -0.497 e. The van der Waals surface area contributed by atoms with Crippen LogP contribution in [0, 0.1) is 0 Å². The van der Waals surface area contributed by atoms with E-state index in [9.17, 15) is 0 Å². The summed E-state index contributed by atoms with van der Waals surface area (Å²) < 4.78 is 10.7. The molecular weight excluding hydrogens is 264 g/mol. The number of nitrogens with two attached hydrogens (primary N) is 1. The molecule has 4 heteroatoms. The van der Waals surface area contributed by atoms with Crippen molar-refractivity contribution >= 4 is 0 Å². The smallest absolute Gasteiger partial charge is 0.119 e. The van der Waals surface area contributed by atoms with Crippen LogP contribution in [0.15, 0.2) is 24.3 Å². The van der Waals surface area contributed by atoms with Crippen molar-refractivity contribution in [2.45, 2.75) is 44.3 Å². The zero-order valence-electron chi connectivity index (χ0n) is 13.4. The molecule has 0 saturated heterocycles. The van der Waals surface area contributed by atoms with Crippen molar-refractivity contribution in [2.24, 2.45) is 5.73 Å². The van der Waals surface area contributed by atoms with Crippen molar-refractivity contribution in [3.05, 3.63) is 29.8 Å². The van der Waals surface area contributed by atoms with E-state index in [4.69, 9.17) is 15.2 Å². The Morgan fingerprint density at radius 3 is 2.67 bits per heavy atom. The van der Waals surface area contributed by atoms with Gasteiger partial charge in [0.05, 0.1) is 19.8 Å². The summed E-state index contributed by atoms with van der Waals surface area (Å²) in [4.78, 5) is 2.52. The minimum atomic E-state index is 0.120. The molecule has 1 aromatic rings. The van der Waals surface area contributed by atoms with Crippen molar-refractivity contribution in [1.82, 2.24) is 4.90 Å². The van der Waals surface area contributed by atoms with E-state index in [1.165, 1.54) is 18.4 Å². The average Bonchev–Trinajstić information content (AvgIpc) is 3.35. The number of methoxy groups -OCH3 is 2. The molecule has 4 nitrogen and oxygen atoms in total.